The van der Waals surface area contributed by atoms with Gasteiger partial charge in [0.05, 0.1) is 14.2 Å². The van der Waals surface area contributed by atoms with E-state index in [-0.39, 0.29) is 26.2 Å². The lowest BCUT2D eigenvalue weighted by atomic mass is 9.81. The first-order valence-electron chi connectivity index (χ1n) is 27.2. The number of benzene rings is 4. The first-order chi connectivity index (χ1) is 31.9. The summed E-state index contributed by atoms with van der Waals surface area (Å²) in [5.74, 6) is 5.04. The van der Waals surface area contributed by atoms with Crippen LogP contribution in [0, 0.1) is 0 Å². The van der Waals surface area contributed by atoms with E-state index < -0.39 is 0 Å². The molecule has 0 radical (unpaired) electrons. The Labute approximate surface area is 421 Å². The van der Waals surface area contributed by atoms with Gasteiger partial charge in [-0.3, -0.25) is 0 Å². The van der Waals surface area contributed by atoms with Crippen molar-refractivity contribution in [3.8, 4) is 33.8 Å². The van der Waals surface area contributed by atoms with Gasteiger partial charge in [0.1, 0.15) is 11.5 Å². The molecular formula is C64H98O2P2. The van der Waals surface area contributed by atoms with Crippen LogP contribution in [-0.4, -0.2) is 35.8 Å². The minimum Gasteiger partial charge on any atom is -0.496 e. The molecule has 0 aromatic heterocycles. The van der Waals surface area contributed by atoms with Gasteiger partial charge in [0.15, 0.2) is 0 Å². The molecule has 0 aliphatic heterocycles. The van der Waals surface area contributed by atoms with E-state index in [0.29, 0.717) is 35.5 Å². The molecule has 0 saturated heterocycles. The molecule has 0 amide bonds. The van der Waals surface area contributed by atoms with Crippen molar-refractivity contribution in [3.63, 3.8) is 0 Å². The zero-order chi connectivity index (χ0) is 50.4. The molecule has 68 heavy (non-hydrogen) atoms. The summed E-state index contributed by atoms with van der Waals surface area (Å²) in [7, 11) is 3.01. The van der Waals surface area contributed by atoms with Crippen molar-refractivity contribution in [2.45, 2.75) is 246 Å². The summed E-state index contributed by atoms with van der Waals surface area (Å²) in [5.41, 5.74) is 16.2. The van der Waals surface area contributed by atoms with E-state index >= 15 is 0 Å². The maximum Gasteiger partial charge on any atom is 0.127 e. The average molecular weight is 961 g/mol. The van der Waals surface area contributed by atoms with Gasteiger partial charge in [-0.15, -0.1) is 0 Å². The Hall–Kier alpha value is -2.66. The van der Waals surface area contributed by atoms with Gasteiger partial charge in [0.25, 0.3) is 0 Å². The third-order valence-electron chi connectivity index (χ3n) is 15.0. The van der Waals surface area contributed by atoms with Gasteiger partial charge in [0.2, 0.25) is 0 Å². The molecule has 376 valence electrons. The van der Waals surface area contributed by atoms with Crippen LogP contribution < -0.4 is 20.1 Å². The van der Waals surface area contributed by atoms with Crippen LogP contribution >= 0.6 is 15.8 Å². The molecule has 0 spiro atoms. The predicted molar refractivity (Wildman–Crippen MR) is 308 cm³/mol. The zero-order valence-electron chi connectivity index (χ0n) is 47.2. The second kappa shape index (κ2) is 24.2. The number of methoxy groups -OCH3 is 2. The lowest BCUT2D eigenvalue weighted by molar-refractivity contribution is 0.406. The van der Waals surface area contributed by atoms with Crippen LogP contribution in [0.15, 0.2) is 60.7 Å². The van der Waals surface area contributed by atoms with E-state index in [9.17, 15) is 0 Å². The van der Waals surface area contributed by atoms with Crippen LogP contribution in [0.5, 0.6) is 11.5 Å². The van der Waals surface area contributed by atoms with E-state index in [4.69, 9.17) is 9.47 Å². The van der Waals surface area contributed by atoms with Crippen molar-refractivity contribution in [2.24, 2.45) is 0 Å². The van der Waals surface area contributed by atoms with Crippen LogP contribution in [0.2, 0.25) is 0 Å². The SMILES string of the molecule is CC(C)c1cc(C(C)C)c(-c2ccccc2P(C(C)(C)C)C(C)(C)C)c(C(C)C)c1.COc1ccc(OC)c(P(C2CCCCC2)C2CCCCC2)c1-c1c(C(C)C)cc(C(C)C)cc1C(C)C. The molecule has 0 unspecified atom stereocenters. The van der Waals surface area contributed by atoms with Crippen LogP contribution in [-0.2, 0) is 0 Å². The fourth-order valence-electron chi connectivity index (χ4n) is 11.9. The third-order valence-corrected chi connectivity index (χ3v) is 22.1. The Morgan fingerprint density at radius 1 is 0.441 bits per heavy atom. The highest BCUT2D eigenvalue weighted by atomic mass is 31.1. The van der Waals surface area contributed by atoms with Gasteiger partial charge >= 0.3 is 0 Å². The third kappa shape index (κ3) is 13.1. The fraction of sp³-hybridized carbons (Fsp3) is 0.625. The molecule has 2 aliphatic carbocycles. The second-order valence-electron chi connectivity index (χ2n) is 24.5. The minimum absolute atomic E-state index is 0.248. The van der Waals surface area contributed by atoms with Crippen LogP contribution in [0.25, 0.3) is 22.3 Å². The second-order valence-corrected chi connectivity index (χ2v) is 31.0. The number of rotatable bonds is 14. The maximum absolute atomic E-state index is 6.29. The Balaban J connectivity index is 0.000000262. The maximum atomic E-state index is 6.29. The standard InChI is InChI=1S/C35H53O2P.C29H45P/c1-23(2)26-21-29(24(3)4)33(30(22-26)25(5)6)34-31(36-7)19-20-32(37-8)35(34)38(27-15-11-9-12-16-27)28-17-13-10-14-18-28;1-19(2)22-17-24(20(3)4)27(25(18-22)21(5)6)23-15-13-14-16-26(23)30(28(7,8)9)29(10,11)12/h19-25,27-28H,9-18H2,1-8H3;13-21H,1-12H3. The fourth-order valence-corrected chi connectivity index (χ4v) is 20.1. The summed E-state index contributed by atoms with van der Waals surface area (Å²) in [6.07, 6.45) is 13.8. The highest BCUT2D eigenvalue weighted by Crippen LogP contribution is 2.61. The molecule has 2 fully saturated rings. The molecule has 0 N–H and O–H groups in total. The molecule has 4 aromatic rings. The quantitative estimate of drug-likeness (QED) is 0.117. The lowest BCUT2D eigenvalue weighted by Gasteiger charge is -2.43. The minimum atomic E-state index is -0.373. The Bertz CT molecular complexity index is 2140. The Morgan fingerprint density at radius 3 is 1.16 bits per heavy atom. The monoisotopic (exact) mass is 961 g/mol. The van der Waals surface area contributed by atoms with Crippen LogP contribution in [0.3, 0.4) is 0 Å². The largest absolute Gasteiger partial charge is 0.496 e. The lowest BCUT2D eigenvalue weighted by Crippen LogP contribution is -2.32. The molecule has 0 bridgehead atoms. The van der Waals surface area contributed by atoms with Crippen molar-refractivity contribution in [2.75, 3.05) is 14.2 Å². The summed E-state index contributed by atoms with van der Waals surface area (Å²) in [4.78, 5) is 0. The van der Waals surface area contributed by atoms with E-state index in [1.54, 1.807) is 5.30 Å². The Morgan fingerprint density at radius 2 is 0.809 bits per heavy atom. The van der Waals surface area contributed by atoms with Gasteiger partial charge in [-0.1, -0.05) is 228 Å². The molecule has 0 heterocycles. The first kappa shape index (κ1) is 56.3. The van der Waals surface area contributed by atoms with E-state index in [2.05, 4.69) is 185 Å². The topological polar surface area (TPSA) is 18.5 Å². The molecule has 0 atom stereocenters. The summed E-state index contributed by atoms with van der Waals surface area (Å²) in [6.45, 7) is 42.7. The number of ether oxygens (including phenoxy) is 2. The summed E-state index contributed by atoms with van der Waals surface area (Å²) >= 11 is 0. The number of hydrogen-bond donors (Lipinski definition) is 0. The summed E-state index contributed by atoms with van der Waals surface area (Å²) in [6, 6.07) is 23.7. The molecule has 2 saturated carbocycles. The molecule has 4 heteroatoms. The molecule has 6 rings (SSSR count). The summed E-state index contributed by atoms with van der Waals surface area (Å²) < 4.78 is 12.6. The molecule has 2 aliphatic rings. The normalized spacial score (nSPS) is 15.7. The van der Waals surface area contributed by atoms with Crippen LogP contribution in [0.1, 0.15) is 258 Å². The van der Waals surface area contributed by atoms with Crippen molar-refractivity contribution in [3.05, 3.63) is 94.0 Å². The predicted octanol–water partition coefficient (Wildman–Crippen LogP) is 19.9. The van der Waals surface area contributed by atoms with Gasteiger partial charge in [-0.05, 0) is 150 Å². The number of hydrogen-bond acceptors (Lipinski definition) is 2. The average Bonchev–Trinajstić information content (AvgIpc) is 3.28. The van der Waals surface area contributed by atoms with Gasteiger partial charge in [-0.25, -0.2) is 0 Å². The molecule has 2 nitrogen and oxygen atoms in total. The van der Waals surface area contributed by atoms with Gasteiger partial charge in [-0.2, -0.15) is 0 Å². The summed E-state index contributed by atoms with van der Waals surface area (Å²) in [5, 5.41) is 3.57. The van der Waals surface area contributed by atoms with E-state index in [0.717, 1.165) is 22.8 Å². The molecular weight excluding hydrogens is 863 g/mol. The van der Waals surface area contributed by atoms with Gasteiger partial charge in [0, 0.05) is 10.9 Å². The van der Waals surface area contributed by atoms with E-state index in [1.165, 1.54) is 125 Å². The van der Waals surface area contributed by atoms with Crippen LogP contribution in [0.4, 0.5) is 0 Å². The zero-order valence-corrected chi connectivity index (χ0v) is 49.0. The van der Waals surface area contributed by atoms with Crippen molar-refractivity contribution < 1.29 is 9.47 Å². The smallest absolute Gasteiger partial charge is 0.127 e. The first-order valence-corrected chi connectivity index (χ1v) is 30.0. The van der Waals surface area contributed by atoms with E-state index in [1.807, 2.05) is 14.2 Å². The van der Waals surface area contributed by atoms with Gasteiger partial charge < -0.3 is 9.47 Å². The highest BCUT2D eigenvalue weighted by Gasteiger charge is 2.39. The molecule has 4 aromatic carbocycles. The van der Waals surface area contributed by atoms with Crippen molar-refractivity contribution in [1.82, 2.24) is 0 Å². The van der Waals surface area contributed by atoms with Crippen molar-refractivity contribution in [1.29, 1.82) is 0 Å². The highest BCUT2D eigenvalue weighted by molar-refractivity contribution is 7.69. The Kier molecular flexibility index (Phi) is 20.0. The van der Waals surface area contributed by atoms with Crippen molar-refractivity contribution >= 4 is 26.5 Å².